The quantitative estimate of drug-likeness (QED) is 0.529. The van der Waals surface area contributed by atoms with Gasteiger partial charge in [-0.3, -0.25) is 0 Å². The third kappa shape index (κ3) is 4.42. The molecule has 2 aliphatic rings. The van der Waals surface area contributed by atoms with Gasteiger partial charge in [0.15, 0.2) is 11.6 Å². The van der Waals surface area contributed by atoms with Crippen LogP contribution in [0.2, 0.25) is 0 Å². The first-order chi connectivity index (χ1) is 16.9. The monoisotopic (exact) mass is 497 g/mol. The number of sulfonamides is 1. The number of fused-ring (bicyclic) bond motifs is 1. The summed E-state index contributed by atoms with van der Waals surface area (Å²) in [5.41, 5.74) is 1.14. The number of benzene rings is 2. The fourth-order valence-corrected chi connectivity index (χ4v) is 5.82. The first kappa shape index (κ1) is 23.1. The molecule has 0 amide bonds. The minimum absolute atomic E-state index is 0.0342. The van der Waals surface area contributed by atoms with Crippen molar-refractivity contribution in [2.75, 3.05) is 24.5 Å². The van der Waals surface area contributed by atoms with Crippen molar-refractivity contribution in [3.8, 4) is 17.7 Å². The van der Waals surface area contributed by atoms with Gasteiger partial charge in [0.25, 0.3) is 0 Å². The summed E-state index contributed by atoms with van der Waals surface area (Å²) in [7, 11) is -4.00. The van der Waals surface area contributed by atoms with Crippen molar-refractivity contribution in [3.05, 3.63) is 70.9 Å². The SMILES string of the molecule is N#Cc1ccccc1S(=O)(=O)N1CCc2nc(N3CCCC3)nc(Oc3ccc(F)c(F)c3)c2C1. The molecule has 35 heavy (non-hydrogen) atoms. The molecule has 5 rings (SSSR count). The highest BCUT2D eigenvalue weighted by atomic mass is 32.2. The number of aromatic nitrogens is 2. The van der Waals surface area contributed by atoms with Crippen molar-refractivity contribution in [3.63, 3.8) is 0 Å². The van der Waals surface area contributed by atoms with E-state index in [4.69, 9.17) is 4.74 Å². The molecule has 0 aliphatic carbocycles. The molecular formula is C24H21F2N5O3S. The topological polar surface area (TPSA) is 99.4 Å². The van der Waals surface area contributed by atoms with E-state index < -0.39 is 21.7 Å². The van der Waals surface area contributed by atoms with Gasteiger partial charge in [-0.05, 0) is 37.1 Å². The lowest BCUT2D eigenvalue weighted by Gasteiger charge is -2.29. The molecule has 0 N–H and O–H groups in total. The molecule has 0 unspecified atom stereocenters. The van der Waals surface area contributed by atoms with Gasteiger partial charge in [-0.2, -0.15) is 14.6 Å². The van der Waals surface area contributed by atoms with Crippen LogP contribution in [0.1, 0.15) is 29.7 Å². The lowest BCUT2D eigenvalue weighted by Crippen LogP contribution is -2.37. The summed E-state index contributed by atoms with van der Waals surface area (Å²) in [5.74, 6) is -1.48. The number of nitriles is 1. The molecule has 0 spiro atoms. The van der Waals surface area contributed by atoms with E-state index >= 15 is 0 Å². The van der Waals surface area contributed by atoms with Crippen LogP contribution >= 0.6 is 0 Å². The zero-order chi connectivity index (χ0) is 24.6. The lowest BCUT2D eigenvalue weighted by molar-refractivity contribution is 0.368. The average molecular weight is 498 g/mol. The van der Waals surface area contributed by atoms with Crippen LogP contribution in [0.15, 0.2) is 47.4 Å². The maximum atomic E-state index is 13.8. The Hall–Kier alpha value is -3.62. The molecule has 2 aromatic carbocycles. The van der Waals surface area contributed by atoms with Gasteiger partial charge in [-0.15, -0.1) is 0 Å². The van der Waals surface area contributed by atoms with E-state index in [-0.39, 0.29) is 35.2 Å². The summed E-state index contributed by atoms with van der Waals surface area (Å²) < 4.78 is 61.2. The summed E-state index contributed by atoms with van der Waals surface area (Å²) >= 11 is 0. The molecule has 1 aromatic heterocycles. The van der Waals surface area contributed by atoms with E-state index in [1.165, 1.54) is 22.5 Å². The third-order valence-corrected chi connectivity index (χ3v) is 8.00. The summed E-state index contributed by atoms with van der Waals surface area (Å²) in [6.07, 6.45) is 2.31. The Balaban J connectivity index is 1.54. The van der Waals surface area contributed by atoms with Crippen molar-refractivity contribution in [1.29, 1.82) is 5.26 Å². The first-order valence-electron chi connectivity index (χ1n) is 11.1. The smallest absolute Gasteiger partial charge is 0.244 e. The first-order valence-corrected chi connectivity index (χ1v) is 12.6. The maximum absolute atomic E-state index is 13.8. The van der Waals surface area contributed by atoms with E-state index in [0.717, 1.165) is 38.1 Å². The Labute approximate surface area is 201 Å². The normalized spacial score (nSPS) is 16.1. The van der Waals surface area contributed by atoms with E-state index in [2.05, 4.69) is 9.97 Å². The summed E-state index contributed by atoms with van der Waals surface area (Å²) in [5, 5.41) is 9.39. The van der Waals surface area contributed by atoms with Crippen molar-refractivity contribution in [2.45, 2.75) is 30.7 Å². The van der Waals surface area contributed by atoms with Crippen molar-refractivity contribution in [1.82, 2.24) is 14.3 Å². The van der Waals surface area contributed by atoms with Crippen LogP contribution in [-0.2, 0) is 23.0 Å². The zero-order valence-electron chi connectivity index (χ0n) is 18.6. The number of hydrogen-bond acceptors (Lipinski definition) is 7. The summed E-state index contributed by atoms with van der Waals surface area (Å²) in [6, 6.07) is 11.1. The van der Waals surface area contributed by atoms with Gasteiger partial charge < -0.3 is 9.64 Å². The van der Waals surface area contributed by atoms with Crippen LogP contribution in [-0.4, -0.2) is 42.3 Å². The molecule has 1 fully saturated rings. The lowest BCUT2D eigenvalue weighted by atomic mass is 10.1. The molecule has 2 aliphatic heterocycles. The second-order valence-corrected chi connectivity index (χ2v) is 10.2. The Kier molecular flexibility index (Phi) is 6.08. The van der Waals surface area contributed by atoms with E-state index in [1.807, 2.05) is 11.0 Å². The van der Waals surface area contributed by atoms with Gasteiger partial charge in [0.2, 0.25) is 21.9 Å². The molecule has 0 atom stereocenters. The number of nitrogens with zero attached hydrogens (tertiary/aromatic N) is 5. The molecule has 0 bridgehead atoms. The Morgan fingerprint density at radius 1 is 1.00 bits per heavy atom. The van der Waals surface area contributed by atoms with Crippen molar-refractivity contribution >= 4 is 16.0 Å². The van der Waals surface area contributed by atoms with Gasteiger partial charge in [0.05, 0.1) is 21.7 Å². The highest BCUT2D eigenvalue weighted by Gasteiger charge is 2.34. The predicted molar refractivity (Wildman–Crippen MR) is 122 cm³/mol. The van der Waals surface area contributed by atoms with Gasteiger partial charge in [0, 0.05) is 38.7 Å². The highest BCUT2D eigenvalue weighted by molar-refractivity contribution is 7.89. The van der Waals surface area contributed by atoms with E-state index in [0.29, 0.717) is 23.6 Å². The van der Waals surface area contributed by atoms with Gasteiger partial charge in [-0.1, -0.05) is 12.1 Å². The van der Waals surface area contributed by atoms with Crippen LogP contribution in [0.4, 0.5) is 14.7 Å². The van der Waals surface area contributed by atoms with Gasteiger partial charge >= 0.3 is 0 Å². The third-order valence-electron chi connectivity index (χ3n) is 6.10. The Morgan fingerprint density at radius 2 is 1.77 bits per heavy atom. The highest BCUT2D eigenvalue weighted by Crippen LogP contribution is 2.34. The van der Waals surface area contributed by atoms with Gasteiger partial charge in [0.1, 0.15) is 11.8 Å². The number of rotatable bonds is 5. The second-order valence-electron chi connectivity index (χ2n) is 8.32. The predicted octanol–water partition coefficient (Wildman–Crippen LogP) is 3.77. The van der Waals surface area contributed by atoms with Crippen LogP contribution in [0, 0.1) is 23.0 Å². The largest absolute Gasteiger partial charge is 0.438 e. The zero-order valence-corrected chi connectivity index (χ0v) is 19.4. The van der Waals surface area contributed by atoms with Crippen LogP contribution in [0.25, 0.3) is 0 Å². The molecule has 0 radical (unpaired) electrons. The fraction of sp³-hybridized carbons (Fsp3) is 0.292. The molecule has 180 valence electrons. The standard InChI is InChI=1S/C24H21F2N5O3S/c25-19-8-7-17(13-20(19)26)34-23-18-15-31(35(32,33)22-6-2-1-5-16(22)14-27)12-9-21(18)28-24(29-23)30-10-3-4-11-30/h1-2,5-8,13H,3-4,9-12,15H2. The summed E-state index contributed by atoms with van der Waals surface area (Å²) in [6.45, 7) is 1.65. The Morgan fingerprint density at radius 3 is 2.51 bits per heavy atom. The van der Waals surface area contributed by atoms with Gasteiger partial charge in [-0.25, -0.2) is 22.2 Å². The summed E-state index contributed by atoms with van der Waals surface area (Å²) in [4.78, 5) is 11.2. The van der Waals surface area contributed by atoms with Crippen LogP contribution < -0.4 is 9.64 Å². The molecule has 11 heteroatoms. The number of anilines is 1. The van der Waals surface area contributed by atoms with E-state index in [1.54, 1.807) is 12.1 Å². The van der Waals surface area contributed by atoms with Crippen molar-refractivity contribution < 1.29 is 21.9 Å². The van der Waals surface area contributed by atoms with Crippen LogP contribution in [0.3, 0.4) is 0 Å². The minimum Gasteiger partial charge on any atom is -0.438 e. The molecule has 3 heterocycles. The molecular weight excluding hydrogens is 476 g/mol. The second kappa shape index (κ2) is 9.20. The minimum atomic E-state index is -4.00. The fourth-order valence-electron chi connectivity index (χ4n) is 4.27. The molecule has 8 nitrogen and oxygen atoms in total. The molecule has 3 aromatic rings. The number of hydrogen-bond donors (Lipinski definition) is 0. The average Bonchev–Trinajstić information content (AvgIpc) is 3.41. The molecule has 0 saturated carbocycles. The molecule has 1 saturated heterocycles. The van der Waals surface area contributed by atoms with E-state index in [9.17, 15) is 22.5 Å². The number of ether oxygens (including phenoxy) is 1. The Bertz CT molecular complexity index is 1440. The van der Waals surface area contributed by atoms with Crippen molar-refractivity contribution in [2.24, 2.45) is 0 Å². The van der Waals surface area contributed by atoms with Crippen LogP contribution in [0.5, 0.6) is 11.6 Å². The number of halogens is 2. The maximum Gasteiger partial charge on any atom is 0.244 e.